The molecule has 0 amide bonds. The number of nitrogens with zero attached hydrogens (tertiary/aromatic N) is 5. The summed E-state index contributed by atoms with van der Waals surface area (Å²) in [5.41, 5.74) is 1.90. The van der Waals surface area contributed by atoms with Gasteiger partial charge in [0, 0.05) is 29.9 Å². The summed E-state index contributed by atoms with van der Waals surface area (Å²) in [5.74, 6) is 0.353. The van der Waals surface area contributed by atoms with Crippen LogP contribution in [0.2, 0.25) is 0 Å². The van der Waals surface area contributed by atoms with Gasteiger partial charge in [0.2, 0.25) is 0 Å². The highest BCUT2D eigenvalue weighted by molar-refractivity contribution is 8.00. The number of anilines is 1. The molecule has 138 valence electrons. The average Bonchev–Trinajstić information content (AvgIpc) is 3.33. The monoisotopic (exact) mass is 386 g/mol. The third-order valence-electron chi connectivity index (χ3n) is 4.06. The maximum atomic E-state index is 12.9. The second-order valence-corrected chi connectivity index (χ2v) is 6.66. The topological polar surface area (TPSA) is 60.6 Å². The molecule has 0 atom stereocenters. The second-order valence-electron chi connectivity index (χ2n) is 5.78. The van der Waals surface area contributed by atoms with Gasteiger partial charge in [-0.3, -0.25) is 4.68 Å². The van der Waals surface area contributed by atoms with Crippen molar-refractivity contribution in [2.75, 3.05) is 4.72 Å². The third kappa shape index (κ3) is 3.50. The molecule has 4 rings (SSSR count). The van der Waals surface area contributed by atoms with Crippen LogP contribution in [-0.4, -0.2) is 24.5 Å². The van der Waals surface area contributed by atoms with Crippen molar-refractivity contribution in [2.24, 2.45) is 0 Å². The molecule has 3 heterocycles. The Balaban J connectivity index is 1.54. The van der Waals surface area contributed by atoms with Crippen molar-refractivity contribution in [1.29, 1.82) is 0 Å². The zero-order chi connectivity index (χ0) is 18.8. The molecule has 0 spiro atoms. The summed E-state index contributed by atoms with van der Waals surface area (Å²) >= 11 is 1.39. The Morgan fingerprint density at radius 2 is 2.07 bits per heavy atom. The van der Waals surface area contributed by atoms with E-state index in [0.717, 1.165) is 28.0 Å². The number of hydrogen-bond acceptors (Lipinski definition) is 5. The zero-order valence-electron chi connectivity index (χ0n) is 14.4. The summed E-state index contributed by atoms with van der Waals surface area (Å²) in [7, 11) is 0. The molecule has 0 aliphatic heterocycles. The fourth-order valence-corrected chi connectivity index (χ4v) is 3.40. The SMILES string of the molecule is CCn1ncc2cccc(NSc3cnn(-c4cc(C(F)F)ccn4)c3)c21. The summed E-state index contributed by atoms with van der Waals surface area (Å²) < 4.78 is 32.5. The summed E-state index contributed by atoms with van der Waals surface area (Å²) in [6.45, 7) is 2.82. The Labute approximate surface area is 158 Å². The molecule has 1 N–H and O–H groups in total. The van der Waals surface area contributed by atoms with Gasteiger partial charge in [0.25, 0.3) is 6.43 Å². The van der Waals surface area contributed by atoms with Gasteiger partial charge in [-0.2, -0.15) is 10.2 Å². The summed E-state index contributed by atoms with van der Waals surface area (Å²) in [4.78, 5) is 4.94. The minimum absolute atomic E-state index is 0.0812. The van der Waals surface area contributed by atoms with Crippen molar-refractivity contribution in [2.45, 2.75) is 24.8 Å². The van der Waals surface area contributed by atoms with E-state index >= 15 is 0 Å². The van der Waals surface area contributed by atoms with Crippen LogP contribution in [0.25, 0.3) is 16.7 Å². The molecule has 0 unspecified atom stereocenters. The Bertz CT molecular complexity index is 1070. The minimum Gasteiger partial charge on any atom is -0.324 e. The standard InChI is InChI=1S/C18H16F2N6S/c1-2-25-17-13(9-22-25)4-3-5-15(17)24-27-14-10-23-26(11-14)16-8-12(18(19)20)6-7-21-16/h3-11,18,24H,2H2,1H3. The lowest BCUT2D eigenvalue weighted by molar-refractivity contribution is 0.151. The maximum absolute atomic E-state index is 12.9. The number of alkyl halides is 2. The van der Waals surface area contributed by atoms with E-state index in [0.29, 0.717) is 5.82 Å². The predicted octanol–water partition coefficient (Wildman–Crippen LogP) is 4.69. The molecule has 0 saturated heterocycles. The van der Waals surface area contributed by atoms with Gasteiger partial charge < -0.3 is 4.72 Å². The first kappa shape index (κ1) is 17.5. The van der Waals surface area contributed by atoms with Gasteiger partial charge in [-0.1, -0.05) is 12.1 Å². The van der Waals surface area contributed by atoms with Gasteiger partial charge in [-0.15, -0.1) is 0 Å². The fraction of sp³-hybridized carbons (Fsp3) is 0.167. The molecule has 0 bridgehead atoms. The summed E-state index contributed by atoms with van der Waals surface area (Å²) in [6, 6.07) is 8.61. The molecule has 0 radical (unpaired) electrons. The van der Waals surface area contributed by atoms with Crippen LogP contribution in [0.15, 0.2) is 60.0 Å². The molecule has 0 aliphatic carbocycles. The third-order valence-corrected chi connectivity index (χ3v) is 4.82. The quantitative estimate of drug-likeness (QED) is 0.487. The first-order valence-corrected chi connectivity index (χ1v) is 9.14. The Morgan fingerprint density at radius 3 is 2.89 bits per heavy atom. The first-order chi connectivity index (χ1) is 13.2. The largest absolute Gasteiger partial charge is 0.324 e. The Hall–Kier alpha value is -2.94. The molecule has 3 aromatic heterocycles. The van der Waals surface area contributed by atoms with E-state index in [1.54, 1.807) is 12.4 Å². The van der Waals surface area contributed by atoms with Gasteiger partial charge in [-0.05, 0) is 37.1 Å². The molecule has 6 nitrogen and oxygen atoms in total. The van der Waals surface area contributed by atoms with Crippen LogP contribution in [0.4, 0.5) is 14.5 Å². The van der Waals surface area contributed by atoms with Gasteiger partial charge >= 0.3 is 0 Å². The van der Waals surface area contributed by atoms with Gasteiger partial charge in [0.15, 0.2) is 5.82 Å². The molecule has 27 heavy (non-hydrogen) atoms. The fourth-order valence-electron chi connectivity index (χ4n) is 2.76. The van der Waals surface area contributed by atoms with Crippen LogP contribution in [-0.2, 0) is 6.54 Å². The molecule has 0 aliphatic rings. The van der Waals surface area contributed by atoms with Crippen LogP contribution in [0.3, 0.4) is 0 Å². The lowest BCUT2D eigenvalue weighted by atomic mass is 10.2. The highest BCUT2D eigenvalue weighted by atomic mass is 32.2. The van der Waals surface area contributed by atoms with Crippen molar-refractivity contribution >= 4 is 28.5 Å². The maximum Gasteiger partial charge on any atom is 0.264 e. The Morgan fingerprint density at radius 1 is 1.19 bits per heavy atom. The number of para-hydroxylation sites is 1. The lowest BCUT2D eigenvalue weighted by Gasteiger charge is -2.08. The van der Waals surface area contributed by atoms with Gasteiger partial charge in [0.1, 0.15) is 0 Å². The van der Waals surface area contributed by atoms with E-state index in [2.05, 4.69) is 19.9 Å². The van der Waals surface area contributed by atoms with Crippen LogP contribution in [0.5, 0.6) is 0 Å². The number of benzene rings is 1. The van der Waals surface area contributed by atoms with Crippen LogP contribution in [0.1, 0.15) is 18.9 Å². The van der Waals surface area contributed by atoms with E-state index < -0.39 is 6.43 Å². The number of aromatic nitrogens is 5. The van der Waals surface area contributed by atoms with E-state index in [1.807, 2.05) is 36.0 Å². The predicted molar refractivity (Wildman–Crippen MR) is 101 cm³/mol. The zero-order valence-corrected chi connectivity index (χ0v) is 15.2. The molecular weight excluding hydrogens is 370 g/mol. The molecule has 0 fully saturated rings. The van der Waals surface area contributed by atoms with Gasteiger partial charge in [0.05, 0.1) is 28.5 Å². The summed E-state index contributed by atoms with van der Waals surface area (Å²) in [6.07, 6.45) is 4.06. The molecule has 9 heteroatoms. The number of nitrogens with one attached hydrogen (secondary N) is 1. The number of aryl methyl sites for hydroxylation is 1. The van der Waals surface area contributed by atoms with Crippen molar-refractivity contribution in [3.8, 4) is 5.82 Å². The van der Waals surface area contributed by atoms with E-state index in [1.165, 1.54) is 35.0 Å². The van der Waals surface area contributed by atoms with Crippen molar-refractivity contribution in [3.05, 3.63) is 60.7 Å². The van der Waals surface area contributed by atoms with Gasteiger partial charge in [-0.25, -0.2) is 18.4 Å². The molecule has 4 aromatic rings. The highest BCUT2D eigenvalue weighted by Crippen LogP contribution is 2.28. The lowest BCUT2D eigenvalue weighted by Crippen LogP contribution is -1.99. The molecular formula is C18H16F2N6S. The number of hydrogen-bond donors (Lipinski definition) is 1. The minimum atomic E-state index is -2.54. The van der Waals surface area contributed by atoms with Crippen molar-refractivity contribution in [3.63, 3.8) is 0 Å². The smallest absolute Gasteiger partial charge is 0.264 e. The Kier molecular flexibility index (Phi) is 4.76. The molecule has 1 aromatic carbocycles. The summed E-state index contributed by atoms with van der Waals surface area (Å²) in [5, 5.41) is 9.65. The van der Waals surface area contributed by atoms with E-state index in [9.17, 15) is 8.78 Å². The van der Waals surface area contributed by atoms with Crippen LogP contribution >= 0.6 is 11.9 Å². The van der Waals surface area contributed by atoms with Crippen LogP contribution in [0, 0.1) is 0 Å². The van der Waals surface area contributed by atoms with Crippen LogP contribution < -0.4 is 4.72 Å². The highest BCUT2D eigenvalue weighted by Gasteiger charge is 2.11. The molecule has 0 saturated carbocycles. The number of rotatable bonds is 6. The first-order valence-electron chi connectivity index (χ1n) is 8.32. The average molecular weight is 386 g/mol. The van der Waals surface area contributed by atoms with Crippen molar-refractivity contribution in [1.82, 2.24) is 24.5 Å². The number of pyridine rings is 1. The number of halogens is 2. The van der Waals surface area contributed by atoms with E-state index in [4.69, 9.17) is 0 Å². The second kappa shape index (κ2) is 7.36. The number of fused-ring (bicyclic) bond motifs is 1. The van der Waals surface area contributed by atoms with E-state index in [-0.39, 0.29) is 5.56 Å². The van der Waals surface area contributed by atoms with Crippen molar-refractivity contribution < 1.29 is 8.78 Å². The normalized spacial score (nSPS) is 11.4.